The van der Waals surface area contributed by atoms with Crippen molar-refractivity contribution >= 4 is 23.4 Å². The van der Waals surface area contributed by atoms with Gasteiger partial charge in [-0.25, -0.2) is 0 Å². The molecule has 0 saturated carbocycles. The van der Waals surface area contributed by atoms with Crippen LogP contribution in [0.15, 0.2) is 52.2 Å². The number of hydrogen-bond donors (Lipinski definition) is 1. The van der Waals surface area contributed by atoms with Crippen LogP contribution in [0.25, 0.3) is 11.6 Å². The molecule has 0 spiro atoms. The first-order valence-electron chi connectivity index (χ1n) is 8.77. The monoisotopic (exact) mass is 384 g/mol. The van der Waals surface area contributed by atoms with Crippen molar-refractivity contribution in [1.82, 2.24) is 14.8 Å². The fraction of sp³-hybridized carbons (Fsp3) is 0.350. The quantitative estimate of drug-likeness (QED) is 0.656. The number of rotatable bonds is 5. The first-order valence-corrected chi connectivity index (χ1v) is 9.65. The summed E-state index contributed by atoms with van der Waals surface area (Å²) in [5.74, 6) is 1.20. The van der Waals surface area contributed by atoms with Gasteiger partial charge in [0.1, 0.15) is 0 Å². The molecule has 1 atom stereocenters. The number of anilines is 1. The Labute approximate surface area is 163 Å². The zero-order valence-electron chi connectivity index (χ0n) is 16.2. The third-order valence-corrected chi connectivity index (χ3v) is 5.38. The van der Waals surface area contributed by atoms with E-state index in [-0.39, 0.29) is 16.6 Å². The SMILES string of the molecule is CC(Sc1nnc(-c2ccco2)n1C)C(=O)Nc1ccc(C(C)(C)C)cc1. The average molecular weight is 385 g/mol. The number of carbonyl (C=O) groups is 1. The summed E-state index contributed by atoms with van der Waals surface area (Å²) in [4.78, 5) is 12.5. The summed E-state index contributed by atoms with van der Waals surface area (Å²) in [5.41, 5.74) is 2.10. The number of nitrogens with one attached hydrogen (secondary N) is 1. The lowest BCUT2D eigenvalue weighted by molar-refractivity contribution is -0.115. The molecular formula is C20H24N4O2S. The van der Waals surface area contributed by atoms with Crippen LogP contribution in [0.5, 0.6) is 0 Å². The lowest BCUT2D eigenvalue weighted by atomic mass is 9.87. The number of aromatic nitrogens is 3. The van der Waals surface area contributed by atoms with E-state index in [0.29, 0.717) is 16.7 Å². The number of nitrogens with zero attached hydrogens (tertiary/aromatic N) is 3. The maximum Gasteiger partial charge on any atom is 0.237 e. The maximum atomic E-state index is 12.5. The Balaban J connectivity index is 1.64. The van der Waals surface area contributed by atoms with Gasteiger partial charge >= 0.3 is 0 Å². The smallest absolute Gasteiger partial charge is 0.237 e. The molecule has 1 unspecified atom stereocenters. The van der Waals surface area contributed by atoms with E-state index in [4.69, 9.17) is 4.42 Å². The molecule has 0 aliphatic carbocycles. The third kappa shape index (κ3) is 4.42. The molecular weight excluding hydrogens is 360 g/mol. The van der Waals surface area contributed by atoms with E-state index in [1.165, 1.54) is 17.3 Å². The molecule has 3 aromatic rings. The molecule has 6 nitrogen and oxygen atoms in total. The lowest BCUT2D eigenvalue weighted by Crippen LogP contribution is -2.23. The summed E-state index contributed by atoms with van der Waals surface area (Å²) in [7, 11) is 1.86. The van der Waals surface area contributed by atoms with Crippen molar-refractivity contribution < 1.29 is 9.21 Å². The molecule has 0 fully saturated rings. The molecule has 7 heteroatoms. The van der Waals surface area contributed by atoms with Gasteiger partial charge in [-0.2, -0.15) is 0 Å². The topological polar surface area (TPSA) is 73.0 Å². The van der Waals surface area contributed by atoms with Crippen molar-refractivity contribution in [2.45, 2.75) is 43.5 Å². The highest BCUT2D eigenvalue weighted by atomic mass is 32.2. The van der Waals surface area contributed by atoms with E-state index in [1.54, 1.807) is 12.3 Å². The molecule has 0 aliphatic heterocycles. The van der Waals surface area contributed by atoms with Crippen LogP contribution in [0.3, 0.4) is 0 Å². The van der Waals surface area contributed by atoms with Crippen LogP contribution in [0.1, 0.15) is 33.3 Å². The van der Waals surface area contributed by atoms with Crippen molar-refractivity contribution in [2.75, 3.05) is 5.32 Å². The largest absolute Gasteiger partial charge is 0.461 e. The minimum Gasteiger partial charge on any atom is -0.461 e. The summed E-state index contributed by atoms with van der Waals surface area (Å²) in [6.07, 6.45) is 1.60. The van der Waals surface area contributed by atoms with Gasteiger partial charge in [0.05, 0.1) is 11.5 Å². The Hall–Kier alpha value is -2.54. The predicted octanol–water partition coefficient (Wildman–Crippen LogP) is 4.49. The maximum absolute atomic E-state index is 12.5. The Morgan fingerprint density at radius 3 is 2.48 bits per heavy atom. The fourth-order valence-corrected chi connectivity index (χ4v) is 3.36. The third-order valence-electron chi connectivity index (χ3n) is 4.25. The molecule has 1 amide bonds. The van der Waals surface area contributed by atoms with E-state index in [1.807, 2.05) is 48.9 Å². The summed E-state index contributed by atoms with van der Waals surface area (Å²) < 4.78 is 7.19. The first kappa shape index (κ1) is 19.2. The van der Waals surface area contributed by atoms with E-state index >= 15 is 0 Å². The standard InChI is InChI=1S/C20H24N4O2S/c1-13(18(25)21-15-10-8-14(9-11-15)20(2,3)4)27-19-23-22-17(24(19)5)16-7-6-12-26-16/h6-13H,1-5H3,(H,21,25). The van der Waals surface area contributed by atoms with Gasteiger partial charge in [0.25, 0.3) is 0 Å². The second-order valence-corrected chi connectivity index (χ2v) is 8.73. The van der Waals surface area contributed by atoms with E-state index in [0.717, 1.165) is 5.69 Å². The number of amides is 1. The molecule has 3 rings (SSSR count). The second-order valence-electron chi connectivity index (χ2n) is 7.42. The summed E-state index contributed by atoms with van der Waals surface area (Å²) >= 11 is 1.36. The summed E-state index contributed by atoms with van der Waals surface area (Å²) in [5, 5.41) is 11.6. The summed E-state index contributed by atoms with van der Waals surface area (Å²) in [6.45, 7) is 8.34. The number of hydrogen-bond acceptors (Lipinski definition) is 5. The Kier molecular flexibility index (Phi) is 5.41. The molecule has 27 heavy (non-hydrogen) atoms. The zero-order chi connectivity index (χ0) is 19.6. The second kappa shape index (κ2) is 7.60. The highest BCUT2D eigenvalue weighted by molar-refractivity contribution is 8.00. The van der Waals surface area contributed by atoms with Crippen LogP contribution in [0, 0.1) is 0 Å². The van der Waals surface area contributed by atoms with Gasteiger partial charge in [0.15, 0.2) is 16.7 Å². The van der Waals surface area contributed by atoms with E-state index < -0.39 is 0 Å². The van der Waals surface area contributed by atoms with Crippen molar-refractivity contribution in [3.8, 4) is 11.6 Å². The van der Waals surface area contributed by atoms with Crippen LogP contribution in [-0.2, 0) is 17.3 Å². The van der Waals surface area contributed by atoms with Crippen molar-refractivity contribution in [2.24, 2.45) is 7.05 Å². The Morgan fingerprint density at radius 1 is 1.19 bits per heavy atom. The Morgan fingerprint density at radius 2 is 1.89 bits per heavy atom. The van der Waals surface area contributed by atoms with Gasteiger partial charge in [0.2, 0.25) is 5.91 Å². The molecule has 1 aromatic carbocycles. The number of thioether (sulfide) groups is 1. The van der Waals surface area contributed by atoms with Gasteiger partial charge in [-0.15, -0.1) is 10.2 Å². The normalized spacial score (nSPS) is 12.8. The number of furan rings is 1. The molecule has 0 bridgehead atoms. The highest BCUT2D eigenvalue weighted by Gasteiger charge is 2.20. The van der Waals surface area contributed by atoms with Gasteiger partial charge in [-0.1, -0.05) is 44.7 Å². The van der Waals surface area contributed by atoms with Crippen LogP contribution in [0.2, 0.25) is 0 Å². The van der Waals surface area contributed by atoms with Crippen LogP contribution in [0.4, 0.5) is 5.69 Å². The van der Waals surface area contributed by atoms with Crippen molar-refractivity contribution in [3.05, 3.63) is 48.2 Å². The highest BCUT2D eigenvalue weighted by Crippen LogP contribution is 2.27. The summed E-state index contributed by atoms with van der Waals surface area (Å²) in [6, 6.07) is 11.6. The number of carbonyl (C=O) groups excluding carboxylic acids is 1. The Bertz CT molecular complexity index is 909. The predicted molar refractivity (Wildman–Crippen MR) is 108 cm³/mol. The van der Waals surface area contributed by atoms with Gasteiger partial charge < -0.3 is 14.3 Å². The van der Waals surface area contributed by atoms with Crippen LogP contribution in [-0.4, -0.2) is 25.9 Å². The molecule has 142 valence electrons. The van der Waals surface area contributed by atoms with Crippen molar-refractivity contribution in [1.29, 1.82) is 0 Å². The van der Waals surface area contributed by atoms with E-state index in [9.17, 15) is 4.79 Å². The zero-order valence-corrected chi connectivity index (χ0v) is 17.0. The number of benzene rings is 1. The van der Waals surface area contributed by atoms with Gasteiger partial charge in [0, 0.05) is 12.7 Å². The lowest BCUT2D eigenvalue weighted by Gasteiger charge is -2.19. The minimum atomic E-state index is -0.320. The average Bonchev–Trinajstić information content (AvgIpc) is 3.25. The minimum absolute atomic E-state index is 0.0777. The molecule has 0 aliphatic rings. The molecule has 2 heterocycles. The van der Waals surface area contributed by atoms with Gasteiger partial charge in [-0.05, 0) is 42.2 Å². The fourth-order valence-electron chi connectivity index (χ4n) is 2.55. The molecule has 2 aromatic heterocycles. The molecule has 1 N–H and O–H groups in total. The van der Waals surface area contributed by atoms with Crippen LogP contribution < -0.4 is 5.32 Å². The van der Waals surface area contributed by atoms with Crippen molar-refractivity contribution in [3.63, 3.8) is 0 Å². The van der Waals surface area contributed by atoms with Crippen LogP contribution >= 0.6 is 11.8 Å². The first-order chi connectivity index (χ1) is 12.8. The van der Waals surface area contributed by atoms with E-state index in [2.05, 4.69) is 36.3 Å². The molecule has 0 saturated heterocycles. The molecule has 0 radical (unpaired) electrons. The van der Waals surface area contributed by atoms with Gasteiger partial charge in [-0.3, -0.25) is 4.79 Å².